The molecule has 0 saturated heterocycles. The van der Waals surface area contributed by atoms with Gasteiger partial charge in [0.25, 0.3) is 0 Å². The van der Waals surface area contributed by atoms with Gasteiger partial charge in [0.05, 0.1) is 27.8 Å². The van der Waals surface area contributed by atoms with Crippen molar-refractivity contribution >= 4 is 28.3 Å². The van der Waals surface area contributed by atoms with E-state index in [4.69, 9.17) is 35.0 Å². The summed E-state index contributed by atoms with van der Waals surface area (Å²) >= 11 is 5.68. The third-order valence-corrected chi connectivity index (χ3v) is 2.15. The summed E-state index contributed by atoms with van der Waals surface area (Å²) in [6, 6.07) is 2.36. The molecule has 0 amide bonds. The molecule has 0 aliphatic rings. The lowest BCUT2D eigenvalue weighted by Gasteiger charge is -2.09. The number of nitrogens with two attached hydrogens (primary N) is 1. The van der Waals surface area contributed by atoms with Crippen LogP contribution in [-0.4, -0.2) is 24.0 Å². The summed E-state index contributed by atoms with van der Waals surface area (Å²) in [5, 5.41) is 0.107. The molecule has 0 atom stereocenters. The Morgan fingerprint density at radius 3 is 2.62 bits per heavy atom. The van der Waals surface area contributed by atoms with Gasteiger partial charge in [0, 0.05) is 11.5 Å². The van der Waals surface area contributed by atoms with E-state index in [0.717, 1.165) is 0 Å². The quantitative estimate of drug-likeness (QED) is 0.818. The second-order valence-electron chi connectivity index (χ2n) is 2.90. The Labute approximate surface area is 106 Å². The Bertz CT molecular complexity index is 718. The molecule has 0 aliphatic carbocycles. The van der Waals surface area contributed by atoms with Crippen LogP contribution in [0.2, 0.25) is 5.28 Å². The highest BCUT2D eigenvalue weighted by Crippen LogP contribution is 2.33. The zero-order valence-corrected chi connectivity index (χ0v) is 8.58. The molecule has 0 spiro atoms. The number of halogens is 1. The van der Waals surface area contributed by atoms with E-state index in [0.29, 0.717) is 0 Å². The second-order valence-corrected chi connectivity index (χ2v) is 3.24. The number of aromatic nitrogens is 2. The maximum atomic E-state index is 7.12. The predicted molar refractivity (Wildman–Crippen MR) is 62.1 cm³/mol. The molecule has 0 unspecified atom stereocenters. The highest BCUT2D eigenvalue weighted by Gasteiger charge is 2.10. The van der Waals surface area contributed by atoms with E-state index >= 15 is 0 Å². The predicted octanol–water partition coefficient (Wildman–Crippen LogP) is 1.88. The van der Waals surface area contributed by atoms with Crippen LogP contribution < -0.4 is 15.2 Å². The van der Waals surface area contributed by atoms with Crippen molar-refractivity contribution in [2.45, 2.75) is 0 Å². The Morgan fingerprint density at radius 1 is 1.25 bits per heavy atom. The molecule has 0 fully saturated rings. The lowest BCUT2D eigenvalue weighted by atomic mass is 10.2. The number of hydrogen-bond acceptors (Lipinski definition) is 5. The van der Waals surface area contributed by atoms with Crippen molar-refractivity contribution in [1.29, 1.82) is 0 Å². The number of nitrogen functional groups attached to an aromatic ring is 1. The lowest BCUT2D eigenvalue weighted by molar-refractivity contribution is 0.356. The molecule has 0 aliphatic heterocycles. The fraction of sp³-hybridized carbons (Fsp3) is 0.200. The molecule has 6 heteroatoms. The summed E-state index contributed by atoms with van der Waals surface area (Å²) < 4.78 is 52.2. The number of methoxy groups -OCH3 is 2. The molecule has 2 aromatic rings. The maximum Gasteiger partial charge on any atom is 0.224 e. The molecular weight excluding hydrogens is 230 g/mol. The number of fused-ring (bicyclic) bond motifs is 1. The topological polar surface area (TPSA) is 70.3 Å². The van der Waals surface area contributed by atoms with Crippen molar-refractivity contribution in [2.24, 2.45) is 0 Å². The van der Waals surface area contributed by atoms with Crippen LogP contribution in [0, 0.1) is 0 Å². The van der Waals surface area contributed by atoms with Crippen LogP contribution in [0.4, 0.5) is 5.82 Å². The zero-order valence-electron chi connectivity index (χ0n) is 13.8. The minimum atomic E-state index is -2.80. The van der Waals surface area contributed by atoms with Crippen LogP contribution in [0.3, 0.4) is 0 Å². The summed E-state index contributed by atoms with van der Waals surface area (Å²) in [6.07, 6.45) is 0. The molecule has 5 nitrogen and oxygen atoms in total. The smallest absolute Gasteiger partial charge is 0.224 e. The minimum absolute atomic E-state index is 0.00849. The summed E-state index contributed by atoms with van der Waals surface area (Å²) in [6.45, 7) is 0. The molecule has 16 heavy (non-hydrogen) atoms. The summed E-state index contributed by atoms with van der Waals surface area (Å²) in [4.78, 5) is 7.61. The summed E-state index contributed by atoms with van der Waals surface area (Å²) in [7, 11) is -5.61. The van der Waals surface area contributed by atoms with Gasteiger partial charge in [0.2, 0.25) is 5.28 Å². The fourth-order valence-corrected chi connectivity index (χ4v) is 1.47. The molecule has 84 valence electrons. The first-order chi connectivity index (χ1) is 9.94. The zero-order chi connectivity index (χ0) is 16.7. The largest absolute Gasteiger partial charge is 0.493 e. The van der Waals surface area contributed by atoms with Gasteiger partial charge in [0.1, 0.15) is 5.82 Å². The monoisotopic (exact) mass is 245 g/mol. The molecule has 1 heterocycles. The van der Waals surface area contributed by atoms with E-state index in [1.165, 1.54) is 12.1 Å². The molecule has 0 bridgehead atoms. The van der Waals surface area contributed by atoms with E-state index in [2.05, 4.69) is 9.97 Å². The van der Waals surface area contributed by atoms with E-state index < -0.39 is 14.1 Å². The standard InChI is InChI=1S/C10H10ClN3O2/c1-15-7-3-5-6(4-8(7)16-2)13-10(11)14-9(5)12/h3-4H,1-2H3,(H2,12,13,14)/i1D3,2D3. The van der Waals surface area contributed by atoms with Crippen molar-refractivity contribution in [3.8, 4) is 11.5 Å². The Morgan fingerprint density at radius 2 is 1.94 bits per heavy atom. The van der Waals surface area contributed by atoms with Gasteiger partial charge in [-0.2, -0.15) is 0 Å². The molecule has 0 saturated carbocycles. The van der Waals surface area contributed by atoms with Gasteiger partial charge in [-0.3, -0.25) is 0 Å². The number of nitrogens with zero attached hydrogens (tertiary/aromatic N) is 2. The van der Waals surface area contributed by atoms with Gasteiger partial charge < -0.3 is 15.2 Å². The average Bonchev–Trinajstić information content (AvgIpc) is 2.26. The Balaban J connectivity index is 2.64. The maximum absolute atomic E-state index is 7.12. The average molecular weight is 246 g/mol. The normalized spacial score (nSPS) is 17.6. The van der Waals surface area contributed by atoms with Gasteiger partial charge in [-0.05, 0) is 17.7 Å². The van der Waals surface area contributed by atoms with Crippen LogP contribution in [0.1, 0.15) is 8.22 Å². The number of hydrogen-bond donors (Lipinski definition) is 1. The first-order valence-corrected chi connectivity index (χ1v) is 4.47. The molecule has 1 aromatic heterocycles. The third-order valence-electron chi connectivity index (χ3n) is 1.98. The van der Waals surface area contributed by atoms with Crippen LogP contribution in [-0.2, 0) is 0 Å². The first kappa shape index (κ1) is 5.54. The van der Waals surface area contributed by atoms with Crippen molar-refractivity contribution in [2.75, 3.05) is 19.8 Å². The van der Waals surface area contributed by atoms with Gasteiger partial charge in [-0.15, -0.1) is 0 Å². The van der Waals surface area contributed by atoms with E-state index in [-0.39, 0.29) is 33.5 Å². The van der Waals surface area contributed by atoms with Crippen LogP contribution in [0.5, 0.6) is 11.5 Å². The van der Waals surface area contributed by atoms with Crippen molar-refractivity contribution in [3.05, 3.63) is 17.4 Å². The fourth-order valence-electron chi connectivity index (χ4n) is 1.29. The van der Waals surface area contributed by atoms with Gasteiger partial charge in [-0.1, -0.05) is 0 Å². The van der Waals surface area contributed by atoms with Crippen LogP contribution >= 0.6 is 11.6 Å². The van der Waals surface area contributed by atoms with E-state index in [1.807, 2.05) is 0 Å². The first-order valence-electron chi connectivity index (χ1n) is 7.09. The Hall–Kier alpha value is -1.75. The lowest BCUT2D eigenvalue weighted by Crippen LogP contribution is -1.97. The van der Waals surface area contributed by atoms with Crippen LogP contribution in [0.25, 0.3) is 10.9 Å². The number of anilines is 1. The van der Waals surface area contributed by atoms with Gasteiger partial charge in [0.15, 0.2) is 11.5 Å². The van der Waals surface area contributed by atoms with E-state index in [1.54, 1.807) is 0 Å². The highest BCUT2D eigenvalue weighted by atomic mass is 35.5. The number of ether oxygens (including phenoxy) is 2. The summed E-state index contributed by atoms with van der Waals surface area (Å²) in [5.41, 5.74) is 5.87. The van der Waals surface area contributed by atoms with Gasteiger partial charge >= 0.3 is 0 Å². The van der Waals surface area contributed by atoms with Crippen LogP contribution in [0.15, 0.2) is 12.1 Å². The second kappa shape index (κ2) is 4.02. The molecule has 2 rings (SSSR count). The number of benzene rings is 1. The SMILES string of the molecule is [2H]C([2H])([2H])Oc1cc2nc(Cl)nc(N)c2cc1OC([2H])([2H])[2H]. The minimum Gasteiger partial charge on any atom is -0.493 e. The van der Waals surface area contributed by atoms with Crippen molar-refractivity contribution in [1.82, 2.24) is 9.97 Å². The molecule has 0 radical (unpaired) electrons. The third kappa shape index (κ3) is 1.69. The summed E-state index contributed by atoms with van der Waals surface area (Å²) in [5.74, 6) is -0.648. The number of rotatable bonds is 2. The van der Waals surface area contributed by atoms with Gasteiger partial charge in [-0.25, -0.2) is 9.97 Å². The highest BCUT2D eigenvalue weighted by molar-refractivity contribution is 6.28. The van der Waals surface area contributed by atoms with Crippen molar-refractivity contribution < 1.29 is 17.7 Å². The Kier molecular flexibility index (Phi) is 1.39. The molecular formula is C10H10ClN3O2. The molecule has 2 N–H and O–H groups in total. The van der Waals surface area contributed by atoms with E-state index in [9.17, 15) is 0 Å². The van der Waals surface area contributed by atoms with Crippen molar-refractivity contribution in [3.63, 3.8) is 0 Å². The molecule has 1 aromatic carbocycles.